The largest absolute Gasteiger partial charge is 0.339 e. The third kappa shape index (κ3) is 2.33. The number of aromatic nitrogens is 1. The number of hydrogen-bond acceptors (Lipinski definition) is 2. The molecule has 0 aliphatic carbocycles. The molecular formula is C17H23N3O. The molecule has 21 heavy (non-hydrogen) atoms. The Morgan fingerprint density at radius 2 is 1.81 bits per heavy atom. The molecule has 112 valence electrons. The number of fused-ring (bicyclic) bond motifs is 1. The summed E-state index contributed by atoms with van der Waals surface area (Å²) in [7, 11) is 1.99. The van der Waals surface area contributed by atoms with Crippen molar-refractivity contribution in [2.75, 3.05) is 32.7 Å². The van der Waals surface area contributed by atoms with Gasteiger partial charge in [-0.05, 0) is 25.1 Å². The van der Waals surface area contributed by atoms with Gasteiger partial charge >= 0.3 is 0 Å². The fourth-order valence-corrected chi connectivity index (χ4v) is 3.30. The molecule has 1 aliphatic rings. The Bertz CT molecular complexity index is 627. The van der Waals surface area contributed by atoms with E-state index in [1.807, 2.05) is 28.6 Å². The molecule has 4 nitrogen and oxygen atoms in total. The van der Waals surface area contributed by atoms with E-state index in [1.54, 1.807) is 0 Å². The number of nitrogens with zero attached hydrogens (tertiary/aromatic N) is 3. The SMILES string of the molecule is CCN1CCN(C(=O)c2c(C)c3ccccc3n2C)CC1. The maximum absolute atomic E-state index is 12.9. The van der Waals surface area contributed by atoms with E-state index < -0.39 is 0 Å². The van der Waals surface area contributed by atoms with Crippen LogP contribution >= 0.6 is 0 Å². The number of likely N-dealkylation sites (N-methyl/N-ethyl adjacent to an activating group) is 1. The van der Waals surface area contributed by atoms with Gasteiger partial charge in [-0.1, -0.05) is 25.1 Å². The minimum atomic E-state index is 0.168. The van der Waals surface area contributed by atoms with Crippen molar-refractivity contribution in [3.05, 3.63) is 35.5 Å². The first-order chi connectivity index (χ1) is 10.1. The van der Waals surface area contributed by atoms with Crippen LogP contribution in [0.2, 0.25) is 0 Å². The lowest BCUT2D eigenvalue weighted by atomic mass is 10.1. The van der Waals surface area contributed by atoms with Crippen LogP contribution in [0.5, 0.6) is 0 Å². The van der Waals surface area contributed by atoms with E-state index in [0.29, 0.717) is 0 Å². The minimum absolute atomic E-state index is 0.168. The number of carbonyl (C=O) groups excluding carboxylic acids is 1. The maximum Gasteiger partial charge on any atom is 0.270 e. The second kappa shape index (κ2) is 5.53. The number of carbonyl (C=O) groups is 1. The highest BCUT2D eigenvalue weighted by atomic mass is 16.2. The fourth-order valence-electron chi connectivity index (χ4n) is 3.30. The van der Waals surface area contributed by atoms with Gasteiger partial charge in [0.15, 0.2) is 0 Å². The normalized spacial score (nSPS) is 16.6. The molecule has 0 unspecified atom stereocenters. The molecule has 1 amide bonds. The van der Waals surface area contributed by atoms with E-state index >= 15 is 0 Å². The number of para-hydroxylation sites is 1. The van der Waals surface area contributed by atoms with Crippen LogP contribution in [-0.2, 0) is 7.05 Å². The Morgan fingerprint density at radius 3 is 2.43 bits per heavy atom. The van der Waals surface area contributed by atoms with Crippen LogP contribution in [0.15, 0.2) is 24.3 Å². The zero-order valence-corrected chi connectivity index (χ0v) is 13.1. The molecule has 0 atom stereocenters. The van der Waals surface area contributed by atoms with Crippen LogP contribution < -0.4 is 0 Å². The summed E-state index contributed by atoms with van der Waals surface area (Å²) in [6.45, 7) is 8.90. The molecule has 0 bridgehead atoms. The van der Waals surface area contributed by atoms with Crippen LogP contribution in [0.3, 0.4) is 0 Å². The van der Waals surface area contributed by atoms with Crippen molar-refractivity contribution in [3.63, 3.8) is 0 Å². The van der Waals surface area contributed by atoms with Crippen LogP contribution in [0.4, 0.5) is 0 Å². The number of rotatable bonds is 2. The molecule has 1 fully saturated rings. The van der Waals surface area contributed by atoms with Crippen molar-refractivity contribution in [2.24, 2.45) is 7.05 Å². The van der Waals surface area contributed by atoms with E-state index in [0.717, 1.165) is 49.5 Å². The molecule has 2 aromatic rings. The summed E-state index contributed by atoms with van der Waals surface area (Å²) in [5, 5.41) is 1.18. The summed E-state index contributed by atoms with van der Waals surface area (Å²) in [6, 6.07) is 8.23. The number of hydrogen-bond donors (Lipinski definition) is 0. The minimum Gasteiger partial charge on any atom is -0.339 e. The zero-order chi connectivity index (χ0) is 15.0. The molecule has 1 aromatic carbocycles. The van der Waals surface area contributed by atoms with Gasteiger partial charge in [-0.3, -0.25) is 4.79 Å². The number of benzene rings is 1. The molecule has 1 saturated heterocycles. The molecular weight excluding hydrogens is 262 g/mol. The number of amides is 1. The molecule has 1 aromatic heterocycles. The summed E-state index contributed by atoms with van der Waals surface area (Å²) in [6.07, 6.45) is 0. The fraction of sp³-hybridized carbons (Fsp3) is 0.471. The first-order valence-electron chi connectivity index (χ1n) is 7.69. The van der Waals surface area contributed by atoms with Crippen LogP contribution in [0.1, 0.15) is 23.0 Å². The van der Waals surface area contributed by atoms with Crippen molar-refractivity contribution >= 4 is 16.8 Å². The zero-order valence-electron chi connectivity index (χ0n) is 13.1. The van der Waals surface area contributed by atoms with E-state index in [4.69, 9.17) is 0 Å². The molecule has 0 saturated carbocycles. The Hall–Kier alpha value is -1.81. The number of piperazine rings is 1. The Labute approximate surface area is 125 Å². The smallest absolute Gasteiger partial charge is 0.270 e. The van der Waals surface area contributed by atoms with E-state index in [2.05, 4.69) is 30.9 Å². The van der Waals surface area contributed by atoms with E-state index in [9.17, 15) is 4.79 Å². The Morgan fingerprint density at radius 1 is 1.14 bits per heavy atom. The standard InChI is InChI=1S/C17H23N3O/c1-4-19-9-11-20(12-10-19)17(21)16-13(2)14-7-5-6-8-15(14)18(16)3/h5-8H,4,9-12H2,1-3H3. The van der Waals surface area contributed by atoms with Crippen molar-refractivity contribution in [3.8, 4) is 0 Å². The van der Waals surface area contributed by atoms with Crippen molar-refractivity contribution in [1.82, 2.24) is 14.4 Å². The molecule has 2 heterocycles. The topological polar surface area (TPSA) is 28.5 Å². The molecule has 1 aliphatic heterocycles. The second-order valence-electron chi connectivity index (χ2n) is 5.78. The highest BCUT2D eigenvalue weighted by Gasteiger charge is 2.25. The lowest BCUT2D eigenvalue weighted by Gasteiger charge is -2.34. The van der Waals surface area contributed by atoms with E-state index in [-0.39, 0.29) is 5.91 Å². The van der Waals surface area contributed by atoms with E-state index in [1.165, 1.54) is 5.39 Å². The lowest BCUT2D eigenvalue weighted by molar-refractivity contribution is 0.0633. The third-order valence-electron chi connectivity index (χ3n) is 4.67. The van der Waals surface area contributed by atoms with Gasteiger partial charge in [0.05, 0.1) is 0 Å². The first-order valence-corrected chi connectivity index (χ1v) is 7.69. The average molecular weight is 285 g/mol. The second-order valence-corrected chi connectivity index (χ2v) is 5.78. The summed E-state index contributed by atoms with van der Waals surface area (Å²) in [4.78, 5) is 17.3. The van der Waals surface area contributed by atoms with Gasteiger partial charge in [0, 0.05) is 44.1 Å². The molecule has 0 N–H and O–H groups in total. The Balaban J connectivity index is 1.92. The summed E-state index contributed by atoms with van der Waals surface area (Å²) in [5.41, 5.74) is 3.06. The highest BCUT2D eigenvalue weighted by Crippen LogP contribution is 2.25. The van der Waals surface area contributed by atoms with Gasteiger partial charge in [0.25, 0.3) is 5.91 Å². The van der Waals surface area contributed by atoms with Crippen molar-refractivity contribution in [1.29, 1.82) is 0 Å². The predicted molar refractivity (Wildman–Crippen MR) is 85.7 cm³/mol. The number of aryl methyl sites for hydroxylation is 2. The first kappa shape index (κ1) is 14.1. The predicted octanol–water partition coefficient (Wildman–Crippen LogP) is 2.26. The maximum atomic E-state index is 12.9. The summed E-state index contributed by atoms with van der Waals surface area (Å²) < 4.78 is 2.04. The molecule has 0 spiro atoms. The van der Waals surface area contributed by atoms with Crippen LogP contribution in [-0.4, -0.2) is 53.0 Å². The quantitative estimate of drug-likeness (QED) is 0.847. The van der Waals surface area contributed by atoms with Gasteiger partial charge in [-0.25, -0.2) is 0 Å². The highest BCUT2D eigenvalue weighted by molar-refractivity contribution is 6.01. The van der Waals surface area contributed by atoms with Crippen molar-refractivity contribution in [2.45, 2.75) is 13.8 Å². The summed E-state index contributed by atoms with van der Waals surface area (Å²) in [5.74, 6) is 0.168. The Kier molecular flexibility index (Phi) is 3.72. The summed E-state index contributed by atoms with van der Waals surface area (Å²) >= 11 is 0. The lowest BCUT2D eigenvalue weighted by Crippen LogP contribution is -2.48. The van der Waals surface area contributed by atoms with Crippen LogP contribution in [0.25, 0.3) is 10.9 Å². The van der Waals surface area contributed by atoms with Gasteiger partial charge in [0.1, 0.15) is 5.69 Å². The monoisotopic (exact) mass is 285 g/mol. The molecule has 3 rings (SSSR count). The van der Waals surface area contributed by atoms with Crippen molar-refractivity contribution < 1.29 is 4.79 Å². The van der Waals surface area contributed by atoms with Gasteiger partial charge in [-0.2, -0.15) is 0 Å². The molecule has 0 radical (unpaired) electrons. The van der Waals surface area contributed by atoms with Crippen LogP contribution in [0, 0.1) is 6.92 Å². The van der Waals surface area contributed by atoms with Gasteiger partial charge in [0.2, 0.25) is 0 Å². The van der Waals surface area contributed by atoms with Gasteiger partial charge in [-0.15, -0.1) is 0 Å². The van der Waals surface area contributed by atoms with Gasteiger partial charge < -0.3 is 14.4 Å². The average Bonchev–Trinajstić information content (AvgIpc) is 2.79. The third-order valence-corrected chi connectivity index (χ3v) is 4.67. The molecule has 4 heteroatoms.